The van der Waals surface area contributed by atoms with Crippen LogP contribution in [0.5, 0.6) is 0 Å². The van der Waals surface area contributed by atoms with Crippen molar-refractivity contribution in [3.63, 3.8) is 0 Å². The van der Waals surface area contributed by atoms with E-state index in [1.165, 1.54) is 26.1 Å². The monoisotopic (exact) mass is 182 g/mol. The van der Waals surface area contributed by atoms with Gasteiger partial charge in [0, 0.05) is 26.2 Å². The SMILES string of the molecule is C=C[C@@H]1C[C@H](C)CN(CCNC)C1. The van der Waals surface area contributed by atoms with E-state index in [-0.39, 0.29) is 0 Å². The zero-order valence-electron chi connectivity index (χ0n) is 8.92. The normalized spacial score (nSPS) is 30.3. The van der Waals surface area contributed by atoms with Crippen LogP contribution in [0.3, 0.4) is 0 Å². The van der Waals surface area contributed by atoms with E-state index in [1.54, 1.807) is 0 Å². The Hall–Kier alpha value is -0.340. The molecule has 1 aliphatic rings. The summed E-state index contributed by atoms with van der Waals surface area (Å²) in [6.07, 6.45) is 3.43. The third-order valence-corrected chi connectivity index (χ3v) is 2.78. The quantitative estimate of drug-likeness (QED) is 0.660. The predicted molar refractivity (Wildman–Crippen MR) is 57.8 cm³/mol. The van der Waals surface area contributed by atoms with Crippen molar-refractivity contribution in [3.05, 3.63) is 12.7 Å². The number of nitrogens with one attached hydrogen (secondary N) is 1. The first-order chi connectivity index (χ1) is 6.26. The minimum Gasteiger partial charge on any atom is -0.318 e. The van der Waals surface area contributed by atoms with Gasteiger partial charge in [0.1, 0.15) is 0 Å². The zero-order valence-corrected chi connectivity index (χ0v) is 8.92. The lowest BCUT2D eigenvalue weighted by atomic mass is 9.90. The molecule has 0 saturated carbocycles. The number of nitrogens with zero attached hydrogens (tertiary/aromatic N) is 1. The third kappa shape index (κ3) is 3.49. The number of likely N-dealkylation sites (tertiary alicyclic amines) is 1. The lowest BCUT2D eigenvalue weighted by molar-refractivity contribution is 0.154. The molecule has 1 N–H and O–H groups in total. The zero-order chi connectivity index (χ0) is 9.68. The van der Waals surface area contributed by atoms with Crippen molar-refractivity contribution in [2.75, 3.05) is 33.2 Å². The average molecular weight is 182 g/mol. The lowest BCUT2D eigenvalue weighted by Crippen LogP contribution is -2.41. The largest absolute Gasteiger partial charge is 0.318 e. The van der Waals surface area contributed by atoms with Crippen LogP contribution in [-0.2, 0) is 0 Å². The van der Waals surface area contributed by atoms with E-state index in [2.05, 4.69) is 29.8 Å². The summed E-state index contributed by atoms with van der Waals surface area (Å²) in [5.41, 5.74) is 0. The van der Waals surface area contributed by atoms with Gasteiger partial charge < -0.3 is 10.2 Å². The maximum Gasteiger partial charge on any atom is 0.0107 e. The molecule has 2 atom stereocenters. The number of rotatable bonds is 4. The molecular weight excluding hydrogens is 160 g/mol. The van der Waals surface area contributed by atoms with Crippen LogP contribution in [0.2, 0.25) is 0 Å². The fourth-order valence-corrected chi connectivity index (χ4v) is 2.14. The first kappa shape index (κ1) is 10.7. The van der Waals surface area contributed by atoms with Crippen molar-refractivity contribution in [2.24, 2.45) is 11.8 Å². The molecule has 1 rings (SSSR count). The van der Waals surface area contributed by atoms with Gasteiger partial charge in [-0.2, -0.15) is 0 Å². The first-order valence-electron chi connectivity index (χ1n) is 5.25. The molecule has 76 valence electrons. The van der Waals surface area contributed by atoms with Crippen LogP contribution in [0.4, 0.5) is 0 Å². The van der Waals surface area contributed by atoms with Gasteiger partial charge in [-0.15, -0.1) is 6.58 Å². The Bertz CT molecular complexity index is 156. The lowest BCUT2D eigenvalue weighted by Gasteiger charge is -2.35. The summed E-state index contributed by atoms with van der Waals surface area (Å²) in [4.78, 5) is 2.54. The van der Waals surface area contributed by atoms with Crippen molar-refractivity contribution in [2.45, 2.75) is 13.3 Å². The standard InChI is InChI=1S/C11H22N2/c1-4-11-7-10(2)8-13(9-11)6-5-12-3/h4,10-12H,1,5-9H2,2-3H3/t10-,11+/m0/s1. The first-order valence-corrected chi connectivity index (χ1v) is 5.25. The highest BCUT2D eigenvalue weighted by molar-refractivity contribution is 4.87. The van der Waals surface area contributed by atoms with Crippen LogP contribution >= 0.6 is 0 Å². The molecule has 0 bridgehead atoms. The molecule has 1 saturated heterocycles. The number of hydrogen-bond donors (Lipinski definition) is 1. The maximum absolute atomic E-state index is 3.89. The number of piperidine rings is 1. The number of likely N-dealkylation sites (N-methyl/N-ethyl adjacent to an activating group) is 1. The van der Waals surface area contributed by atoms with Gasteiger partial charge in [0.05, 0.1) is 0 Å². The Morgan fingerprint density at radius 1 is 1.54 bits per heavy atom. The summed E-state index contributed by atoms with van der Waals surface area (Å²) >= 11 is 0. The smallest absolute Gasteiger partial charge is 0.0107 e. The van der Waals surface area contributed by atoms with E-state index >= 15 is 0 Å². The van der Waals surface area contributed by atoms with E-state index in [0.29, 0.717) is 5.92 Å². The van der Waals surface area contributed by atoms with Crippen LogP contribution in [0, 0.1) is 11.8 Å². The molecule has 0 aromatic heterocycles. The van der Waals surface area contributed by atoms with Gasteiger partial charge in [0.15, 0.2) is 0 Å². The third-order valence-electron chi connectivity index (χ3n) is 2.78. The van der Waals surface area contributed by atoms with Crippen molar-refractivity contribution < 1.29 is 0 Å². The molecule has 13 heavy (non-hydrogen) atoms. The molecule has 2 heteroatoms. The summed E-state index contributed by atoms with van der Waals surface area (Å²) in [5.74, 6) is 1.54. The topological polar surface area (TPSA) is 15.3 Å². The minimum absolute atomic E-state index is 0.709. The molecule has 0 aliphatic carbocycles. The average Bonchev–Trinajstić information content (AvgIpc) is 2.14. The highest BCUT2D eigenvalue weighted by Gasteiger charge is 2.21. The van der Waals surface area contributed by atoms with Crippen LogP contribution in [0.15, 0.2) is 12.7 Å². The summed E-state index contributed by atoms with van der Waals surface area (Å²) in [7, 11) is 2.01. The number of hydrogen-bond acceptors (Lipinski definition) is 2. The molecule has 0 unspecified atom stereocenters. The van der Waals surface area contributed by atoms with Crippen molar-refractivity contribution >= 4 is 0 Å². The van der Waals surface area contributed by atoms with E-state index in [0.717, 1.165) is 12.5 Å². The molecule has 0 aromatic rings. The predicted octanol–water partition coefficient (Wildman–Crippen LogP) is 1.35. The molecule has 0 amide bonds. The molecule has 1 fully saturated rings. The van der Waals surface area contributed by atoms with Crippen molar-refractivity contribution in [3.8, 4) is 0 Å². The Morgan fingerprint density at radius 2 is 2.31 bits per heavy atom. The molecule has 1 heterocycles. The van der Waals surface area contributed by atoms with Crippen LogP contribution in [0.1, 0.15) is 13.3 Å². The second-order valence-corrected chi connectivity index (χ2v) is 4.20. The summed E-state index contributed by atoms with van der Waals surface area (Å²) in [6.45, 7) is 11.0. The highest BCUT2D eigenvalue weighted by Crippen LogP contribution is 2.21. The van der Waals surface area contributed by atoms with Gasteiger partial charge in [0.25, 0.3) is 0 Å². The molecule has 0 aromatic carbocycles. The molecule has 0 radical (unpaired) electrons. The van der Waals surface area contributed by atoms with E-state index in [4.69, 9.17) is 0 Å². The van der Waals surface area contributed by atoms with Crippen LogP contribution in [0.25, 0.3) is 0 Å². The molecule has 0 spiro atoms. The van der Waals surface area contributed by atoms with E-state index < -0.39 is 0 Å². The fraction of sp³-hybridized carbons (Fsp3) is 0.818. The Labute approximate surface area is 82.0 Å². The van der Waals surface area contributed by atoms with Gasteiger partial charge in [-0.25, -0.2) is 0 Å². The van der Waals surface area contributed by atoms with Crippen LogP contribution in [-0.4, -0.2) is 38.1 Å². The van der Waals surface area contributed by atoms with Gasteiger partial charge >= 0.3 is 0 Å². The fourth-order valence-electron chi connectivity index (χ4n) is 2.14. The van der Waals surface area contributed by atoms with Gasteiger partial charge in [-0.05, 0) is 25.3 Å². The Balaban J connectivity index is 2.33. The van der Waals surface area contributed by atoms with Crippen molar-refractivity contribution in [1.29, 1.82) is 0 Å². The van der Waals surface area contributed by atoms with Gasteiger partial charge in [-0.3, -0.25) is 0 Å². The maximum atomic E-state index is 3.89. The van der Waals surface area contributed by atoms with Gasteiger partial charge in [0.2, 0.25) is 0 Å². The summed E-state index contributed by atoms with van der Waals surface area (Å²) in [6, 6.07) is 0. The van der Waals surface area contributed by atoms with Crippen LogP contribution < -0.4 is 5.32 Å². The summed E-state index contributed by atoms with van der Waals surface area (Å²) < 4.78 is 0. The Kier molecular flexibility index (Phi) is 4.46. The second kappa shape index (κ2) is 5.40. The van der Waals surface area contributed by atoms with E-state index in [9.17, 15) is 0 Å². The van der Waals surface area contributed by atoms with E-state index in [1.807, 2.05) is 7.05 Å². The molecular formula is C11H22N2. The van der Waals surface area contributed by atoms with Gasteiger partial charge in [-0.1, -0.05) is 13.0 Å². The molecule has 2 nitrogen and oxygen atoms in total. The summed E-state index contributed by atoms with van der Waals surface area (Å²) in [5, 5.41) is 3.20. The minimum atomic E-state index is 0.709. The van der Waals surface area contributed by atoms with Crippen molar-refractivity contribution in [1.82, 2.24) is 10.2 Å². The second-order valence-electron chi connectivity index (χ2n) is 4.20. The highest BCUT2D eigenvalue weighted by atomic mass is 15.1. The Morgan fingerprint density at radius 3 is 2.92 bits per heavy atom. The molecule has 1 aliphatic heterocycles.